The lowest BCUT2D eigenvalue weighted by Gasteiger charge is -2.16. The van der Waals surface area contributed by atoms with Crippen LogP contribution in [0.15, 0.2) is 0 Å². The van der Waals surface area contributed by atoms with Gasteiger partial charge in [0.15, 0.2) is 0 Å². The maximum Gasteiger partial charge on any atom is 0.327 e. The van der Waals surface area contributed by atoms with Gasteiger partial charge in [0, 0.05) is 24.3 Å². The number of carboxylic acids is 4. The Kier molecular flexibility index (Phi) is 14.1. The molecular weight excluding hydrogens is 472 g/mol. The summed E-state index contributed by atoms with van der Waals surface area (Å²) in [6.45, 7) is 0. The minimum Gasteiger partial charge on any atom is -0.480 e. The number of aliphatic carboxylic acids is 4. The third-order valence-electron chi connectivity index (χ3n) is 3.82. The molecule has 0 rings (SSSR count). The van der Waals surface area contributed by atoms with E-state index >= 15 is 0 Å². The van der Waals surface area contributed by atoms with Crippen LogP contribution in [0.2, 0.25) is 0 Å². The molecule has 0 aliphatic carbocycles. The third-order valence-corrected chi connectivity index (χ3v) is 6.24. The molecule has 4 atom stereocenters. The number of rotatable bonds is 17. The maximum absolute atomic E-state index is 11.8. The number of amides is 2. The maximum atomic E-state index is 11.8. The lowest BCUT2D eigenvalue weighted by molar-refractivity contribution is -0.141. The van der Waals surface area contributed by atoms with Crippen LogP contribution in [0.4, 0.5) is 0 Å². The Morgan fingerprint density at radius 2 is 0.938 bits per heavy atom. The Morgan fingerprint density at radius 3 is 1.19 bits per heavy atom. The molecule has 0 spiro atoms. The highest BCUT2D eigenvalue weighted by Crippen LogP contribution is 2.23. The van der Waals surface area contributed by atoms with Crippen LogP contribution in [0.1, 0.15) is 25.7 Å². The third kappa shape index (κ3) is 13.0. The SMILES string of the molecule is N[C@@H](CCC(=O)N[C@@H](CSSC[C@H](NC(=O)CC[C@H](N)C(=O)O)C(=O)O)C(=O)O)C(=O)O. The zero-order valence-corrected chi connectivity index (χ0v) is 18.4. The van der Waals surface area contributed by atoms with Crippen LogP contribution in [0, 0.1) is 0 Å². The molecule has 0 saturated heterocycles. The average molecular weight is 499 g/mol. The summed E-state index contributed by atoms with van der Waals surface area (Å²) in [5.41, 5.74) is 10.5. The van der Waals surface area contributed by atoms with Crippen LogP contribution in [0.5, 0.6) is 0 Å². The Morgan fingerprint density at radius 1 is 0.625 bits per heavy atom. The highest BCUT2D eigenvalue weighted by atomic mass is 33.1. The fourth-order valence-electron chi connectivity index (χ4n) is 1.93. The molecule has 0 heterocycles. The molecule has 0 radical (unpaired) electrons. The number of hydrogen-bond donors (Lipinski definition) is 8. The first-order valence-electron chi connectivity index (χ1n) is 9.10. The van der Waals surface area contributed by atoms with Crippen LogP contribution in [0.25, 0.3) is 0 Å². The van der Waals surface area contributed by atoms with Gasteiger partial charge in [-0.1, -0.05) is 21.6 Å². The minimum absolute atomic E-state index is 0.134. The molecule has 0 unspecified atom stereocenters. The summed E-state index contributed by atoms with van der Waals surface area (Å²) >= 11 is 0. The Labute approximate surface area is 190 Å². The van der Waals surface area contributed by atoms with Crippen molar-refractivity contribution in [2.24, 2.45) is 11.5 Å². The van der Waals surface area contributed by atoms with Crippen molar-refractivity contribution in [1.82, 2.24) is 10.6 Å². The zero-order valence-electron chi connectivity index (χ0n) is 16.8. The van der Waals surface area contributed by atoms with Crippen molar-refractivity contribution in [3.8, 4) is 0 Å². The summed E-state index contributed by atoms with van der Waals surface area (Å²) in [4.78, 5) is 67.4. The fraction of sp³-hybridized carbons (Fsp3) is 0.625. The predicted molar refractivity (Wildman–Crippen MR) is 114 cm³/mol. The number of carbonyl (C=O) groups is 6. The summed E-state index contributed by atoms with van der Waals surface area (Å²) in [7, 11) is 1.89. The van der Waals surface area contributed by atoms with Crippen LogP contribution >= 0.6 is 21.6 Å². The fourth-order valence-corrected chi connectivity index (χ4v) is 4.25. The van der Waals surface area contributed by atoms with E-state index in [4.69, 9.17) is 21.7 Å². The molecule has 16 heteroatoms. The van der Waals surface area contributed by atoms with Crippen LogP contribution in [0.3, 0.4) is 0 Å². The molecule has 32 heavy (non-hydrogen) atoms. The topological polar surface area (TPSA) is 259 Å². The normalized spacial score (nSPS) is 14.4. The lowest BCUT2D eigenvalue weighted by atomic mass is 10.1. The van der Waals surface area contributed by atoms with Crippen molar-refractivity contribution in [3.63, 3.8) is 0 Å². The Balaban J connectivity index is 4.46. The summed E-state index contributed by atoms with van der Waals surface area (Å²) in [6, 6.07) is -5.12. The van der Waals surface area contributed by atoms with E-state index in [9.17, 15) is 39.0 Å². The predicted octanol–water partition coefficient (Wildman–Crippen LogP) is -2.11. The first-order chi connectivity index (χ1) is 14.8. The molecule has 0 aliphatic heterocycles. The smallest absolute Gasteiger partial charge is 0.327 e. The Bertz CT molecular complexity index is 650. The second-order valence-electron chi connectivity index (χ2n) is 6.45. The van der Waals surface area contributed by atoms with Gasteiger partial charge in [0.2, 0.25) is 11.8 Å². The van der Waals surface area contributed by atoms with Gasteiger partial charge >= 0.3 is 23.9 Å². The van der Waals surface area contributed by atoms with Gasteiger partial charge in [-0.25, -0.2) is 9.59 Å². The molecular formula is C16H26N4O10S2. The van der Waals surface area contributed by atoms with E-state index in [1.807, 2.05) is 0 Å². The van der Waals surface area contributed by atoms with Crippen molar-refractivity contribution in [1.29, 1.82) is 0 Å². The average Bonchev–Trinajstić information content (AvgIpc) is 2.70. The largest absolute Gasteiger partial charge is 0.480 e. The van der Waals surface area contributed by atoms with Gasteiger partial charge in [-0.05, 0) is 12.8 Å². The highest BCUT2D eigenvalue weighted by Gasteiger charge is 2.24. The molecule has 182 valence electrons. The van der Waals surface area contributed by atoms with Gasteiger partial charge in [-0.3, -0.25) is 19.2 Å². The van der Waals surface area contributed by atoms with Gasteiger partial charge in [0.1, 0.15) is 24.2 Å². The van der Waals surface area contributed by atoms with Crippen LogP contribution < -0.4 is 22.1 Å². The second kappa shape index (κ2) is 15.3. The van der Waals surface area contributed by atoms with Gasteiger partial charge in [-0.15, -0.1) is 0 Å². The number of carboxylic acid groups (broad SMARTS) is 4. The van der Waals surface area contributed by atoms with E-state index in [0.717, 1.165) is 21.6 Å². The first kappa shape index (κ1) is 29.4. The second-order valence-corrected chi connectivity index (χ2v) is 9.00. The summed E-state index contributed by atoms with van der Waals surface area (Å²) in [5.74, 6) is -6.92. The molecule has 0 fully saturated rings. The molecule has 0 bridgehead atoms. The van der Waals surface area contributed by atoms with E-state index in [-0.39, 0.29) is 37.2 Å². The zero-order chi connectivity index (χ0) is 24.8. The quantitative estimate of drug-likeness (QED) is 0.0788. The number of nitrogens with two attached hydrogens (primary N) is 2. The van der Waals surface area contributed by atoms with Crippen molar-refractivity contribution in [2.45, 2.75) is 49.9 Å². The summed E-state index contributed by atoms with van der Waals surface area (Å²) < 4.78 is 0. The molecule has 2 amide bonds. The molecule has 14 nitrogen and oxygen atoms in total. The van der Waals surface area contributed by atoms with Crippen molar-refractivity contribution < 1.29 is 49.2 Å². The van der Waals surface area contributed by atoms with Crippen molar-refractivity contribution in [2.75, 3.05) is 11.5 Å². The first-order valence-corrected chi connectivity index (χ1v) is 11.6. The van der Waals surface area contributed by atoms with E-state index < -0.39 is 59.9 Å². The van der Waals surface area contributed by atoms with Crippen molar-refractivity contribution in [3.05, 3.63) is 0 Å². The molecule has 0 aromatic rings. The molecule has 0 saturated carbocycles. The monoisotopic (exact) mass is 498 g/mol. The Hall–Kier alpha value is -2.56. The van der Waals surface area contributed by atoms with Gasteiger partial charge in [-0.2, -0.15) is 0 Å². The highest BCUT2D eigenvalue weighted by molar-refractivity contribution is 8.76. The number of hydrogen-bond acceptors (Lipinski definition) is 10. The minimum atomic E-state index is -1.34. The summed E-state index contributed by atoms with van der Waals surface area (Å²) in [6.07, 6.45) is -0.916. The van der Waals surface area contributed by atoms with Crippen LogP contribution in [-0.4, -0.2) is 91.8 Å². The van der Waals surface area contributed by atoms with E-state index in [2.05, 4.69) is 10.6 Å². The van der Waals surface area contributed by atoms with Gasteiger partial charge in [0.25, 0.3) is 0 Å². The van der Waals surface area contributed by atoms with E-state index in [1.165, 1.54) is 0 Å². The standard InChI is InChI=1S/C16H26N4O10S2/c17-7(13(23)24)1-3-11(21)19-9(15(27)28)5-31-32-6-10(16(29)30)20-12(22)4-2-8(18)14(25)26/h7-10H,1-6,17-18H2,(H,19,21)(H,20,22)(H,23,24)(H,25,26)(H,27,28)(H,29,30)/t7-,8-,9-,10-/m0/s1. The van der Waals surface area contributed by atoms with Crippen LogP contribution in [-0.2, 0) is 28.8 Å². The molecule has 0 aromatic heterocycles. The molecule has 10 N–H and O–H groups in total. The lowest BCUT2D eigenvalue weighted by Crippen LogP contribution is -2.44. The van der Waals surface area contributed by atoms with E-state index in [1.54, 1.807) is 0 Å². The summed E-state index contributed by atoms with van der Waals surface area (Å²) in [5, 5.41) is 40.2. The molecule has 0 aliphatic rings. The number of carbonyl (C=O) groups excluding carboxylic acids is 2. The van der Waals surface area contributed by atoms with Gasteiger partial charge < -0.3 is 42.5 Å². The number of nitrogens with one attached hydrogen (secondary N) is 2. The van der Waals surface area contributed by atoms with Crippen molar-refractivity contribution >= 4 is 57.3 Å². The van der Waals surface area contributed by atoms with Gasteiger partial charge in [0.05, 0.1) is 0 Å². The molecule has 0 aromatic carbocycles. The van der Waals surface area contributed by atoms with E-state index in [0.29, 0.717) is 0 Å².